The Bertz CT molecular complexity index is 1080. The van der Waals surface area contributed by atoms with Gasteiger partial charge in [0, 0.05) is 18.7 Å². The summed E-state index contributed by atoms with van der Waals surface area (Å²) >= 11 is 0. The molecule has 0 aliphatic rings. The van der Waals surface area contributed by atoms with Crippen LogP contribution in [0.4, 0.5) is 0 Å². The van der Waals surface area contributed by atoms with Crippen LogP contribution >= 0.6 is 0 Å². The Balaban J connectivity index is 1.85. The second kappa shape index (κ2) is 7.26. The number of rotatable bonds is 5. The van der Waals surface area contributed by atoms with Crippen LogP contribution in [0.25, 0.3) is 11.0 Å². The maximum absolute atomic E-state index is 12.4. The van der Waals surface area contributed by atoms with Crippen molar-refractivity contribution in [1.82, 2.24) is 14.9 Å². The van der Waals surface area contributed by atoms with Gasteiger partial charge in [-0.2, -0.15) is 0 Å². The molecule has 134 valence electrons. The predicted molar refractivity (Wildman–Crippen MR) is 98.7 cm³/mol. The zero-order valence-electron chi connectivity index (χ0n) is 14.5. The van der Waals surface area contributed by atoms with Gasteiger partial charge in [0.25, 0.3) is 5.91 Å². The molecular weight excluding hydrogens is 334 g/mol. The SMILES string of the molecule is CCn1c(=O)c(=O)[nH]c2cc(C(=O)NCc3cccc(OC)c3)ccc21. The lowest BCUT2D eigenvalue weighted by Gasteiger charge is -2.10. The van der Waals surface area contributed by atoms with Crippen molar-refractivity contribution in [2.75, 3.05) is 7.11 Å². The number of carbonyl (C=O) groups is 1. The van der Waals surface area contributed by atoms with E-state index in [1.54, 1.807) is 32.2 Å². The molecule has 0 aliphatic carbocycles. The average Bonchev–Trinajstić information content (AvgIpc) is 2.67. The van der Waals surface area contributed by atoms with Gasteiger partial charge in [0.1, 0.15) is 5.75 Å². The van der Waals surface area contributed by atoms with Gasteiger partial charge in [-0.25, -0.2) is 0 Å². The maximum Gasteiger partial charge on any atom is 0.316 e. The van der Waals surface area contributed by atoms with Crippen molar-refractivity contribution in [3.8, 4) is 5.75 Å². The van der Waals surface area contributed by atoms with Gasteiger partial charge < -0.3 is 19.6 Å². The number of hydrogen-bond donors (Lipinski definition) is 2. The normalized spacial score (nSPS) is 10.7. The molecule has 1 heterocycles. The summed E-state index contributed by atoms with van der Waals surface area (Å²) in [5.74, 6) is 0.447. The van der Waals surface area contributed by atoms with Gasteiger partial charge in [-0.15, -0.1) is 0 Å². The van der Waals surface area contributed by atoms with E-state index in [1.807, 2.05) is 24.3 Å². The first-order valence-electron chi connectivity index (χ1n) is 8.21. The van der Waals surface area contributed by atoms with Gasteiger partial charge in [-0.3, -0.25) is 14.4 Å². The van der Waals surface area contributed by atoms with Gasteiger partial charge in [-0.1, -0.05) is 12.1 Å². The van der Waals surface area contributed by atoms with E-state index < -0.39 is 11.1 Å². The molecule has 7 nitrogen and oxygen atoms in total. The van der Waals surface area contributed by atoms with Gasteiger partial charge in [-0.05, 0) is 42.8 Å². The Kier molecular flexibility index (Phi) is 4.88. The molecular formula is C19H19N3O4. The van der Waals surface area contributed by atoms with E-state index in [0.717, 1.165) is 11.3 Å². The van der Waals surface area contributed by atoms with Crippen LogP contribution in [0.1, 0.15) is 22.8 Å². The number of carbonyl (C=O) groups excluding carboxylic acids is 1. The van der Waals surface area contributed by atoms with E-state index >= 15 is 0 Å². The van der Waals surface area contributed by atoms with Gasteiger partial charge >= 0.3 is 11.1 Å². The summed E-state index contributed by atoms with van der Waals surface area (Å²) < 4.78 is 6.54. The predicted octanol–water partition coefficient (Wildman–Crippen LogP) is 1.65. The molecule has 3 aromatic rings. The van der Waals surface area contributed by atoms with Crippen molar-refractivity contribution >= 4 is 16.9 Å². The van der Waals surface area contributed by atoms with Crippen LogP contribution in [-0.2, 0) is 13.1 Å². The number of hydrogen-bond acceptors (Lipinski definition) is 4. The van der Waals surface area contributed by atoms with Crippen molar-refractivity contribution in [2.45, 2.75) is 20.0 Å². The van der Waals surface area contributed by atoms with Gasteiger partial charge in [0.05, 0.1) is 18.1 Å². The Morgan fingerprint density at radius 2 is 2.00 bits per heavy atom. The minimum atomic E-state index is -0.701. The molecule has 2 N–H and O–H groups in total. The molecule has 0 unspecified atom stereocenters. The lowest BCUT2D eigenvalue weighted by atomic mass is 10.1. The summed E-state index contributed by atoms with van der Waals surface area (Å²) in [7, 11) is 1.59. The lowest BCUT2D eigenvalue weighted by molar-refractivity contribution is 0.0951. The van der Waals surface area contributed by atoms with Crippen LogP contribution in [0, 0.1) is 0 Å². The number of aromatic nitrogens is 2. The fourth-order valence-electron chi connectivity index (χ4n) is 2.80. The van der Waals surface area contributed by atoms with E-state index in [4.69, 9.17) is 4.74 Å². The average molecular weight is 353 g/mol. The first kappa shape index (κ1) is 17.5. The third-order valence-electron chi connectivity index (χ3n) is 4.14. The summed E-state index contributed by atoms with van der Waals surface area (Å²) in [6.45, 7) is 2.51. The molecule has 7 heteroatoms. The fraction of sp³-hybridized carbons (Fsp3) is 0.211. The van der Waals surface area contributed by atoms with Crippen molar-refractivity contribution in [3.63, 3.8) is 0 Å². The van der Waals surface area contributed by atoms with Crippen LogP contribution in [0.5, 0.6) is 5.75 Å². The summed E-state index contributed by atoms with van der Waals surface area (Å²) in [5.41, 5.74) is 1.04. The number of fused-ring (bicyclic) bond motifs is 1. The van der Waals surface area contributed by atoms with Crippen LogP contribution in [0.2, 0.25) is 0 Å². The number of aryl methyl sites for hydroxylation is 1. The Labute approximate surface area is 149 Å². The first-order valence-corrected chi connectivity index (χ1v) is 8.21. The smallest absolute Gasteiger partial charge is 0.316 e. The summed E-state index contributed by atoms with van der Waals surface area (Å²) in [4.78, 5) is 38.6. The topological polar surface area (TPSA) is 93.2 Å². The molecule has 0 saturated carbocycles. The molecule has 2 aromatic carbocycles. The highest BCUT2D eigenvalue weighted by Gasteiger charge is 2.10. The van der Waals surface area contributed by atoms with E-state index in [9.17, 15) is 14.4 Å². The number of nitrogens with zero attached hydrogens (tertiary/aromatic N) is 1. The highest BCUT2D eigenvalue weighted by molar-refractivity contribution is 5.97. The van der Waals surface area contributed by atoms with Crippen LogP contribution < -0.4 is 21.2 Å². The molecule has 0 radical (unpaired) electrons. The summed E-state index contributed by atoms with van der Waals surface area (Å²) in [6.07, 6.45) is 0. The minimum absolute atomic E-state index is 0.273. The van der Waals surface area contributed by atoms with Crippen molar-refractivity contribution in [2.24, 2.45) is 0 Å². The number of methoxy groups -OCH3 is 1. The highest BCUT2D eigenvalue weighted by atomic mass is 16.5. The van der Waals surface area contributed by atoms with E-state index in [-0.39, 0.29) is 5.91 Å². The van der Waals surface area contributed by atoms with Crippen LogP contribution in [0.3, 0.4) is 0 Å². The Morgan fingerprint density at radius 1 is 1.19 bits per heavy atom. The molecule has 0 atom stereocenters. The van der Waals surface area contributed by atoms with Crippen molar-refractivity contribution in [1.29, 1.82) is 0 Å². The molecule has 0 bridgehead atoms. The molecule has 0 spiro atoms. The third-order valence-corrected chi connectivity index (χ3v) is 4.14. The zero-order chi connectivity index (χ0) is 18.7. The van der Waals surface area contributed by atoms with Gasteiger partial charge in [0.2, 0.25) is 0 Å². The standard InChI is InChI=1S/C19H19N3O4/c1-3-22-16-8-7-13(10-15(16)21-18(24)19(22)25)17(23)20-11-12-5-4-6-14(9-12)26-2/h4-10H,3,11H2,1-2H3,(H,20,23)(H,21,24). The lowest BCUT2D eigenvalue weighted by Crippen LogP contribution is -2.36. The van der Waals surface area contributed by atoms with Crippen LogP contribution in [0.15, 0.2) is 52.1 Å². The quantitative estimate of drug-likeness (QED) is 0.682. The molecule has 3 rings (SSSR count). The Hall–Kier alpha value is -3.35. The first-order chi connectivity index (χ1) is 12.5. The number of aromatic amines is 1. The third kappa shape index (κ3) is 3.37. The van der Waals surface area contributed by atoms with E-state index in [2.05, 4.69) is 10.3 Å². The number of H-pyrrole nitrogens is 1. The molecule has 0 fully saturated rings. The molecule has 0 saturated heterocycles. The van der Waals surface area contributed by atoms with Crippen molar-refractivity contribution in [3.05, 3.63) is 74.3 Å². The maximum atomic E-state index is 12.4. The molecule has 26 heavy (non-hydrogen) atoms. The largest absolute Gasteiger partial charge is 0.497 e. The number of nitrogens with one attached hydrogen (secondary N) is 2. The summed E-state index contributed by atoms with van der Waals surface area (Å²) in [5, 5.41) is 2.83. The fourth-order valence-corrected chi connectivity index (χ4v) is 2.80. The van der Waals surface area contributed by atoms with E-state index in [1.165, 1.54) is 4.57 Å². The Morgan fingerprint density at radius 3 is 2.73 bits per heavy atom. The second-order valence-corrected chi connectivity index (χ2v) is 5.77. The second-order valence-electron chi connectivity index (χ2n) is 5.77. The molecule has 1 amide bonds. The number of ether oxygens (including phenoxy) is 1. The van der Waals surface area contributed by atoms with E-state index in [0.29, 0.717) is 29.7 Å². The summed E-state index contributed by atoms with van der Waals surface area (Å²) in [6, 6.07) is 12.3. The van der Waals surface area contributed by atoms with Gasteiger partial charge in [0.15, 0.2) is 0 Å². The van der Waals surface area contributed by atoms with Crippen molar-refractivity contribution < 1.29 is 9.53 Å². The minimum Gasteiger partial charge on any atom is -0.497 e. The molecule has 1 aromatic heterocycles. The molecule has 0 aliphatic heterocycles. The number of amides is 1. The number of benzene rings is 2. The highest BCUT2D eigenvalue weighted by Crippen LogP contribution is 2.14. The van der Waals surface area contributed by atoms with Crippen LogP contribution in [-0.4, -0.2) is 22.6 Å². The monoisotopic (exact) mass is 353 g/mol. The zero-order valence-corrected chi connectivity index (χ0v) is 14.5.